The van der Waals surface area contributed by atoms with Gasteiger partial charge in [0, 0.05) is 12.3 Å². The first-order chi connectivity index (χ1) is 8.72. The van der Waals surface area contributed by atoms with Crippen LogP contribution in [0.2, 0.25) is 0 Å². The Morgan fingerprint density at radius 2 is 2.11 bits per heavy atom. The summed E-state index contributed by atoms with van der Waals surface area (Å²) in [5, 5.41) is 1.03. The highest BCUT2D eigenvalue weighted by Gasteiger charge is 2.18. The molecule has 0 spiro atoms. The second kappa shape index (κ2) is 5.23. The van der Waals surface area contributed by atoms with Gasteiger partial charge >= 0.3 is 5.56 Å². The number of halogens is 2. The number of aromatic amines is 2. The van der Waals surface area contributed by atoms with Gasteiger partial charge in [-0.25, -0.2) is 9.78 Å². The number of aromatic nitrogens is 3. The van der Waals surface area contributed by atoms with Crippen LogP contribution in [0.3, 0.4) is 0 Å². The van der Waals surface area contributed by atoms with E-state index >= 15 is 0 Å². The third-order valence-electron chi connectivity index (χ3n) is 3.18. The number of fused-ring (bicyclic) bond motifs is 3. The summed E-state index contributed by atoms with van der Waals surface area (Å²) >= 11 is 5.73. The molecule has 0 bridgehead atoms. The van der Waals surface area contributed by atoms with Crippen molar-refractivity contribution in [3.8, 4) is 0 Å². The summed E-state index contributed by atoms with van der Waals surface area (Å²) in [5.74, 6) is 1.23. The van der Waals surface area contributed by atoms with Gasteiger partial charge in [0.15, 0.2) is 11.0 Å². The summed E-state index contributed by atoms with van der Waals surface area (Å²) in [4.78, 5) is 18.8. The van der Waals surface area contributed by atoms with Crippen molar-refractivity contribution in [3.05, 3.63) is 40.4 Å². The van der Waals surface area contributed by atoms with Crippen molar-refractivity contribution in [2.24, 2.45) is 0 Å². The third kappa shape index (κ3) is 2.11. The lowest BCUT2D eigenvalue weighted by Crippen LogP contribution is -3.00. The van der Waals surface area contributed by atoms with Crippen LogP contribution < -0.4 is 23.0 Å². The first kappa shape index (κ1) is 13.9. The van der Waals surface area contributed by atoms with Crippen LogP contribution in [0.5, 0.6) is 0 Å². The molecule has 19 heavy (non-hydrogen) atoms. The summed E-state index contributed by atoms with van der Waals surface area (Å²) in [6, 6.07) is 7.87. The Morgan fingerprint density at radius 1 is 1.37 bits per heavy atom. The lowest BCUT2D eigenvalue weighted by molar-refractivity contribution is -0.362. The van der Waals surface area contributed by atoms with Crippen LogP contribution in [0.1, 0.15) is 5.82 Å². The fourth-order valence-corrected chi connectivity index (χ4v) is 2.49. The molecule has 100 valence electrons. The molecule has 2 aromatic heterocycles. The van der Waals surface area contributed by atoms with E-state index in [0.717, 1.165) is 22.2 Å². The Balaban J connectivity index is 0.00000133. The first-order valence-electron chi connectivity index (χ1n) is 5.81. The highest BCUT2D eigenvalue weighted by Crippen LogP contribution is 2.19. The van der Waals surface area contributed by atoms with Crippen molar-refractivity contribution in [3.63, 3.8) is 0 Å². The topological polar surface area (TPSA) is 51.9 Å². The standard InChI is InChI=1S/C13H12ClN3O.ClH/c1-8-15-11-9-4-2-3-5-10(9)16-12(11)13(18)17(8)7-6-14;/h2-5,16H,6-7H2,1H3;1H. The van der Waals surface area contributed by atoms with Crippen LogP contribution in [0.4, 0.5) is 0 Å². The van der Waals surface area contributed by atoms with Crippen LogP contribution in [0, 0.1) is 6.92 Å². The minimum atomic E-state index is -0.0295. The van der Waals surface area contributed by atoms with Crippen LogP contribution in [0.15, 0.2) is 29.1 Å². The molecule has 4 nitrogen and oxygen atoms in total. The number of nitrogens with zero attached hydrogens (tertiary/aromatic N) is 1. The predicted octanol–water partition coefficient (Wildman–Crippen LogP) is -1.15. The van der Waals surface area contributed by atoms with Gasteiger partial charge < -0.3 is 17.4 Å². The average Bonchev–Trinajstić information content (AvgIpc) is 2.74. The van der Waals surface area contributed by atoms with Gasteiger partial charge in [-0.2, -0.15) is 4.57 Å². The SMILES string of the molecule is Cc1[nH+]c2c([nH]c3ccccc32)c(=O)n1CCCl.[Cl-]. The maximum absolute atomic E-state index is 12.4. The number of rotatable bonds is 2. The molecule has 0 saturated heterocycles. The fourth-order valence-electron chi connectivity index (χ4n) is 2.32. The maximum atomic E-state index is 12.4. The average molecular weight is 298 g/mol. The second-order valence-corrected chi connectivity index (χ2v) is 4.65. The lowest BCUT2D eigenvalue weighted by atomic mass is 10.2. The van der Waals surface area contributed by atoms with Gasteiger partial charge in [0.05, 0.1) is 11.4 Å². The number of H-pyrrole nitrogens is 2. The fraction of sp³-hybridized carbons (Fsp3) is 0.231. The molecule has 2 N–H and O–H groups in total. The van der Waals surface area contributed by atoms with E-state index in [4.69, 9.17) is 11.6 Å². The molecule has 0 unspecified atom stereocenters. The number of hydrogen-bond acceptors (Lipinski definition) is 1. The lowest BCUT2D eigenvalue weighted by Gasteiger charge is -1.99. The van der Waals surface area contributed by atoms with Crippen molar-refractivity contribution in [2.45, 2.75) is 13.5 Å². The number of para-hydroxylation sites is 1. The number of hydrogen-bond donors (Lipinski definition) is 1. The Labute approximate surface area is 120 Å². The molecular formula is C13H13Cl2N3O. The van der Waals surface area contributed by atoms with Gasteiger partial charge in [0.1, 0.15) is 6.54 Å². The van der Waals surface area contributed by atoms with Gasteiger partial charge in [-0.15, -0.1) is 11.6 Å². The van der Waals surface area contributed by atoms with Crippen molar-refractivity contribution < 1.29 is 17.4 Å². The molecule has 1 aromatic carbocycles. The summed E-state index contributed by atoms with van der Waals surface area (Å²) in [6.45, 7) is 2.39. The van der Waals surface area contributed by atoms with Gasteiger partial charge in [-0.1, -0.05) is 12.1 Å². The largest absolute Gasteiger partial charge is 1.00 e. The van der Waals surface area contributed by atoms with E-state index in [1.54, 1.807) is 4.57 Å². The molecule has 0 aliphatic rings. The zero-order valence-electron chi connectivity index (χ0n) is 10.3. The maximum Gasteiger partial charge on any atom is 0.361 e. The van der Waals surface area contributed by atoms with Crippen LogP contribution in [-0.2, 0) is 6.54 Å². The monoisotopic (exact) mass is 297 g/mol. The molecule has 3 aromatic rings. The minimum absolute atomic E-state index is 0. The van der Waals surface area contributed by atoms with E-state index in [2.05, 4.69) is 9.97 Å². The van der Waals surface area contributed by atoms with E-state index < -0.39 is 0 Å². The molecular weight excluding hydrogens is 285 g/mol. The van der Waals surface area contributed by atoms with E-state index in [1.165, 1.54) is 0 Å². The molecule has 0 atom stereocenters. The van der Waals surface area contributed by atoms with E-state index in [-0.39, 0.29) is 18.0 Å². The molecule has 0 aliphatic heterocycles. The van der Waals surface area contributed by atoms with Gasteiger partial charge in [-0.3, -0.25) is 0 Å². The highest BCUT2D eigenvalue weighted by atomic mass is 35.5. The molecule has 6 heteroatoms. The zero-order chi connectivity index (χ0) is 12.7. The van der Waals surface area contributed by atoms with Crippen LogP contribution in [0.25, 0.3) is 21.9 Å². The molecule has 0 fully saturated rings. The van der Waals surface area contributed by atoms with E-state index in [0.29, 0.717) is 17.9 Å². The summed E-state index contributed by atoms with van der Waals surface area (Å²) in [7, 11) is 0. The quantitative estimate of drug-likeness (QED) is 0.597. The first-order valence-corrected chi connectivity index (χ1v) is 6.35. The van der Waals surface area contributed by atoms with E-state index in [9.17, 15) is 4.79 Å². The van der Waals surface area contributed by atoms with Crippen molar-refractivity contribution in [1.29, 1.82) is 0 Å². The molecule has 2 heterocycles. The Hall–Kier alpha value is -1.52. The van der Waals surface area contributed by atoms with Gasteiger partial charge in [0.2, 0.25) is 0 Å². The highest BCUT2D eigenvalue weighted by molar-refractivity contribution is 6.17. The third-order valence-corrected chi connectivity index (χ3v) is 3.35. The molecule has 3 rings (SSSR count). The van der Waals surface area contributed by atoms with Crippen molar-refractivity contribution >= 4 is 33.5 Å². The van der Waals surface area contributed by atoms with Gasteiger partial charge in [-0.05, 0) is 12.1 Å². The van der Waals surface area contributed by atoms with E-state index in [1.807, 2.05) is 31.2 Å². The number of alkyl halides is 1. The Bertz CT molecular complexity index is 792. The Morgan fingerprint density at radius 3 is 2.84 bits per heavy atom. The molecule has 0 radical (unpaired) electrons. The molecule has 0 aliphatic carbocycles. The number of nitrogens with one attached hydrogen (secondary N) is 2. The van der Waals surface area contributed by atoms with Crippen molar-refractivity contribution in [1.82, 2.24) is 9.55 Å². The predicted molar refractivity (Wildman–Crippen MR) is 72.1 cm³/mol. The van der Waals surface area contributed by atoms with Crippen LogP contribution >= 0.6 is 11.6 Å². The summed E-state index contributed by atoms with van der Waals surface area (Å²) in [5.41, 5.74) is 2.40. The van der Waals surface area contributed by atoms with Crippen LogP contribution in [-0.4, -0.2) is 15.4 Å². The number of benzene rings is 1. The normalized spacial score (nSPS) is 10.8. The second-order valence-electron chi connectivity index (χ2n) is 4.28. The zero-order valence-corrected chi connectivity index (χ0v) is 11.8. The van der Waals surface area contributed by atoms with Crippen molar-refractivity contribution in [2.75, 3.05) is 5.88 Å². The smallest absolute Gasteiger partial charge is 0.361 e. The summed E-state index contributed by atoms with van der Waals surface area (Å²) < 4.78 is 1.66. The minimum Gasteiger partial charge on any atom is -1.00 e. The molecule has 0 amide bonds. The number of aryl methyl sites for hydroxylation is 1. The molecule has 0 saturated carbocycles. The van der Waals surface area contributed by atoms with Gasteiger partial charge in [0.25, 0.3) is 5.82 Å². The summed E-state index contributed by atoms with van der Waals surface area (Å²) in [6.07, 6.45) is 0. The Kier molecular flexibility index (Phi) is 3.83.